The van der Waals surface area contributed by atoms with E-state index in [-0.39, 0.29) is 5.69 Å². The molecule has 1 aromatic carbocycles. The number of nitrogens with zero attached hydrogens (tertiary/aromatic N) is 1. The van der Waals surface area contributed by atoms with Gasteiger partial charge in [0.05, 0.1) is 0 Å². The molecule has 2 aromatic rings. The Morgan fingerprint density at radius 3 is 2.50 bits per heavy atom. The van der Waals surface area contributed by atoms with Crippen molar-refractivity contribution < 1.29 is 9.90 Å². The van der Waals surface area contributed by atoms with E-state index >= 15 is 0 Å². The number of benzene rings is 1. The highest BCUT2D eigenvalue weighted by Gasteiger charge is 2.08. The maximum atomic E-state index is 10.7. The Balaban J connectivity index is 2.49. The molecule has 1 heterocycles. The molecule has 0 radical (unpaired) electrons. The number of carboxylic acids is 1. The number of aromatic nitrogens is 1. The summed E-state index contributed by atoms with van der Waals surface area (Å²) in [7, 11) is 0. The summed E-state index contributed by atoms with van der Waals surface area (Å²) in [4.78, 5) is 14.6. The van der Waals surface area contributed by atoms with Gasteiger partial charge in [0.25, 0.3) is 0 Å². The molecule has 1 aromatic heterocycles. The van der Waals surface area contributed by atoms with Crippen molar-refractivity contribution in [3.63, 3.8) is 0 Å². The van der Waals surface area contributed by atoms with Crippen LogP contribution >= 0.6 is 11.6 Å². The second-order valence-corrected chi connectivity index (χ2v) is 4.56. The zero-order chi connectivity index (χ0) is 13.3. The van der Waals surface area contributed by atoms with Crippen LogP contribution < -0.4 is 0 Å². The predicted molar refractivity (Wildman–Crippen MR) is 71.1 cm³/mol. The number of pyridine rings is 1. The number of hydrogen-bond acceptors (Lipinski definition) is 2. The second-order valence-electron chi connectivity index (χ2n) is 4.15. The average molecular weight is 262 g/mol. The molecule has 0 spiro atoms. The summed E-state index contributed by atoms with van der Waals surface area (Å²) in [5.41, 5.74) is 3.97. The molecule has 1 N–H and O–H groups in total. The summed E-state index contributed by atoms with van der Waals surface area (Å²) in [6, 6.07) is 7.14. The maximum absolute atomic E-state index is 10.7. The molecule has 92 valence electrons. The lowest BCUT2D eigenvalue weighted by atomic mass is 9.99. The summed E-state index contributed by atoms with van der Waals surface area (Å²) in [6.45, 7) is 3.90. The van der Waals surface area contributed by atoms with Crippen molar-refractivity contribution in [1.29, 1.82) is 0 Å². The van der Waals surface area contributed by atoms with Gasteiger partial charge in [0.2, 0.25) is 0 Å². The molecule has 0 aliphatic rings. The van der Waals surface area contributed by atoms with E-state index < -0.39 is 5.97 Å². The highest BCUT2D eigenvalue weighted by molar-refractivity contribution is 6.31. The highest BCUT2D eigenvalue weighted by atomic mass is 35.5. The number of rotatable bonds is 2. The first-order chi connectivity index (χ1) is 8.49. The normalized spacial score (nSPS) is 10.4. The molecule has 0 atom stereocenters. The minimum atomic E-state index is -1.02. The van der Waals surface area contributed by atoms with Gasteiger partial charge in [0.15, 0.2) is 0 Å². The molecule has 0 aliphatic heterocycles. The molecule has 3 nitrogen and oxygen atoms in total. The van der Waals surface area contributed by atoms with Crippen molar-refractivity contribution in [3.8, 4) is 11.1 Å². The molecule has 0 bridgehead atoms. The number of carbonyl (C=O) groups is 1. The van der Waals surface area contributed by atoms with Crippen molar-refractivity contribution in [3.05, 3.63) is 52.3 Å². The Labute approximate surface area is 110 Å². The lowest BCUT2D eigenvalue weighted by Crippen LogP contribution is -1.99. The van der Waals surface area contributed by atoms with Gasteiger partial charge in [-0.3, -0.25) is 0 Å². The molecule has 0 aliphatic carbocycles. The number of halogens is 1. The van der Waals surface area contributed by atoms with Crippen LogP contribution in [0.1, 0.15) is 21.6 Å². The van der Waals surface area contributed by atoms with E-state index in [1.54, 1.807) is 12.3 Å². The zero-order valence-corrected chi connectivity index (χ0v) is 10.8. The number of aryl methyl sites for hydroxylation is 2. The molecule has 4 heteroatoms. The fraction of sp³-hybridized carbons (Fsp3) is 0.143. The molecule has 0 unspecified atom stereocenters. The molecule has 2 rings (SSSR count). The van der Waals surface area contributed by atoms with Gasteiger partial charge < -0.3 is 5.11 Å². The Hall–Kier alpha value is -1.87. The minimum absolute atomic E-state index is 0.0436. The van der Waals surface area contributed by atoms with Gasteiger partial charge in [0.1, 0.15) is 5.69 Å². The standard InChI is InChI=1S/C14H12ClNO2/c1-8-6-12(15)9(2)5-11(8)10-3-4-13(14(17)18)16-7-10/h3-7H,1-2H3,(H,17,18). The highest BCUT2D eigenvalue weighted by Crippen LogP contribution is 2.28. The van der Waals surface area contributed by atoms with Crippen LogP contribution in [0.25, 0.3) is 11.1 Å². The maximum Gasteiger partial charge on any atom is 0.354 e. The third-order valence-corrected chi connectivity index (χ3v) is 3.21. The number of carboxylic acid groups (broad SMARTS) is 1. The Morgan fingerprint density at radius 2 is 1.94 bits per heavy atom. The van der Waals surface area contributed by atoms with E-state index in [9.17, 15) is 4.79 Å². The molecular weight excluding hydrogens is 250 g/mol. The van der Waals surface area contributed by atoms with E-state index in [0.717, 1.165) is 27.3 Å². The van der Waals surface area contributed by atoms with Crippen LogP contribution in [0.4, 0.5) is 0 Å². The molecule has 0 amide bonds. The SMILES string of the molecule is Cc1cc(-c2ccc(C(=O)O)nc2)c(C)cc1Cl. The van der Waals surface area contributed by atoms with Crippen LogP contribution in [-0.4, -0.2) is 16.1 Å². The fourth-order valence-electron chi connectivity index (χ4n) is 1.77. The monoisotopic (exact) mass is 261 g/mol. The molecule has 0 saturated heterocycles. The lowest BCUT2D eigenvalue weighted by molar-refractivity contribution is 0.0690. The van der Waals surface area contributed by atoms with Crippen LogP contribution in [0.2, 0.25) is 5.02 Å². The van der Waals surface area contributed by atoms with Crippen LogP contribution in [0.15, 0.2) is 30.5 Å². The summed E-state index contributed by atoms with van der Waals surface area (Å²) in [5.74, 6) is -1.02. The van der Waals surface area contributed by atoms with Crippen LogP contribution in [0.5, 0.6) is 0 Å². The van der Waals surface area contributed by atoms with Crippen molar-refractivity contribution in [2.45, 2.75) is 13.8 Å². The summed E-state index contributed by atoms with van der Waals surface area (Å²) >= 11 is 6.05. The summed E-state index contributed by atoms with van der Waals surface area (Å²) in [5, 5.41) is 9.53. The third-order valence-electron chi connectivity index (χ3n) is 2.80. The smallest absolute Gasteiger partial charge is 0.354 e. The predicted octanol–water partition coefficient (Wildman–Crippen LogP) is 3.72. The molecular formula is C14H12ClNO2. The average Bonchev–Trinajstić information content (AvgIpc) is 2.34. The first-order valence-electron chi connectivity index (χ1n) is 5.45. The molecule has 0 fully saturated rings. The Bertz CT molecular complexity index is 606. The van der Waals surface area contributed by atoms with Gasteiger partial charge in [-0.25, -0.2) is 9.78 Å². The topological polar surface area (TPSA) is 50.2 Å². The largest absolute Gasteiger partial charge is 0.477 e. The first-order valence-corrected chi connectivity index (χ1v) is 5.83. The van der Waals surface area contributed by atoms with Gasteiger partial charge in [-0.05, 0) is 48.7 Å². The van der Waals surface area contributed by atoms with Crippen molar-refractivity contribution >= 4 is 17.6 Å². The second kappa shape index (κ2) is 4.78. The lowest BCUT2D eigenvalue weighted by Gasteiger charge is -2.09. The van der Waals surface area contributed by atoms with Gasteiger partial charge in [-0.2, -0.15) is 0 Å². The fourth-order valence-corrected chi connectivity index (χ4v) is 1.99. The van der Waals surface area contributed by atoms with E-state index in [2.05, 4.69) is 4.98 Å². The van der Waals surface area contributed by atoms with Gasteiger partial charge >= 0.3 is 5.97 Å². The van der Waals surface area contributed by atoms with Crippen LogP contribution in [0.3, 0.4) is 0 Å². The van der Waals surface area contributed by atoms with E-state index in [1.165, 1.54) is 6.07 Å². The Morgan fingerprint density at radius 1 is 1.22 bits per heavy atom. The number of hydrogen-bond donors (Lipinski definition) is 1. The van der Waals surface area contributed by atoms with Crippen molar-refractivity contribution in [1.82, 2.24) is 4.98 Å². The van der Waals surface area contributed by atoms with Crippen LogP contribution in [-0.2, 0) is 0 Å². The number of aromatic carboxylic acids is 1. The van der Waals surface area contributed by atoms with Crippen molar-refractivity contribution in [2.24, 2.45) is 0 Å². The quantitative estimate of drug-likeness (QED) is 0.896. The third kappa shape index (κ3) is 2.36. The molecule has 0 saturated carbocycles. The van der Waals surface area contributed by atoms with E-state index in [1.807, 2.05) is 26.0 Å². The first kappa shape index (κ1) is 12.6. The van der Waals surface area contributed by atoms with Gasteiger partial charge in [-0.1, -0.05) is 17.7 Å². The van der Waals surface area contributed by atoms with E-state index in [4.69, 9.17) is 16.7 Å². The summed E-state index contributed by atoms with van der Waals surface area (Å²) < 4.78 is 0. The van der Waals surface area contributed by atoms with Gasteiger partial charge in [-0.15, -0.1) is 0 Å². The van der Waals surface area contributed by atoms with Crippen LogP contribution in [0, 0.1) is 13.8 Å². The molecule has 18 heavy (non-hydrogen) atoms. The Kier molecular flexibility index (Phi) is 3.34. The van der Waals surface area contributed by atoms with Gasteiger partial charge in [0, 0.05) is 16.8 Å². The minimum Gasteiger partial charge on any atom is -0.477 e. The zero-order valence-electron chi connectivity index (χ0n) is 10.1. The van der Waals surface area contributed by atoms with Crippen molar-refractivity contribution in [2.75, 3.05) is 0 Å². The summed E-state index contributed by atoms with van der Waals surface area (Å²) in [6.07, 6.45) is 1.57. The van der Waals surface area contributed by atoms with E-state index in [0.29, 0.717) is 0 Å².